The quantitative estimate of drug-likeness (QED) is 0.190. The molecule has 0 aliphatic heterocycles. The monoisotopic (exact) mass is 584 g/mol. The smallest absolute Gasteiger partial charge is 0.316 e. The Kier molecular flexibility index (Phi) is 9.52. The predicted molar refractivity (Wildman–Crippen MR) is 147 cm³/mol. The van der Waals surface area contributed by atoms with Crippen LogP contribution in [0.5, 0.6) is 0 Å². The third-order valence-corrected chi connectivity index (χ3v) is 9.45. The first kappa shape index (κ1) is 27.9. The van der Waals surface area contributed by atoms with Crippen LogP contribution < -0.4 is 0 Å². The zero-order valence-corrected chi connectivity index (χ0v) is 23.8. The summed E-state index contributed by atoms with van der Waals surface area (Å²) in [6.45, 7) is 12.9. The van der Waals surface area contributed by atoms with Gasteiger partial charge in [0.15, 0.2) is 0 Å². The molecular formula is C29H45IO4. The SMILES string of the molecule is C=C1/C(=C\C=C2/CCC[C@]3(C)[C@@H]([C@H](C)CCCC(C)(C)O)CC[C@@H]23)C[C@@H](OC(=O)CI)C[C@@H]1O. The van der Waals surface area contributed by atoms with E-state index in [0.29, 0.717) is 34.5 Å². The van der Waals surface area contributed by atoms with Gasteiger partial charge in [0.05, 0.1) is 16.1 Å². The second-order valence-electron chi connectivity index (χ2n) is 11.9. The summed E-state index contributed by atoms with van der Waals surface area (Å²) in [5, 5.41) is 20.6. The van der Waals surface area contributed by atoms with Crippen LogP contribution in [0.2, 0.25) is 0 Å². The van der Waals surface area contributed by atoms with Crippen molar-refractivity contribution in [1.29, 1.82) is 0 Å². The average molecular weight is 585 g/mol. The number of carbonyl (C=O) groups excluding carboxylic acids is 1. The van der Waals surface area contributed by atoms with Crippen LogP contribution in [0.25, 0.3) is 0 Å². The van der Waals surface area contributed by atoms with Gasteiger partial charge in [0.1, 0.15) is 6.10 Å². The van der Waals surface area contributed by atoms with Crippen molar-refractivity contribution in [3.8, 4) is 0 Å². The lowest BCUT2D eigenvalue weighted by Crippen LogP contribution is -2.36. The van der Waals surface area contributed by atoms with Crippen LogP contribution in [0.1, 0.15) is 91.9 Å². The van der Waals surface area contributed by atoms with Crippen molar-refractivity contribution >= 4 is 28.6 Å². The Hall–Kier alpha value is -0.660. The van der Waals surface area contributed by atoms with Gasteiger partial charge in [0.25, 0.3) is 0 Å². The molecule has 0 amide bonds. The molecule has 3 saturated carbocycles. The fourth-order valence-corrected chi connectivity index (χ4v) is 7.21. The van der Waals surface area contributed by atoms with Gasteiger partial charge in [0, 0.05) is 12.8 Å². The number of allylic oxidation sites excluding steroid dienone is 3. The van der Waals surface area contributed by atoms with Crippen LogP contribution in [0, 0.1) is 23.2 Å². The lowest BCUT2D eigenvalue weighted by molar-refractivity contribution is -0.146. The minimum atomic E-state index is -0.650. The summed E-state index contributed by atoms with van der Waals surface area (Å²) in [5.41, 5.74) is 3.10. The number of carbonyl (C=O) groups is 1. The molecule has 0 spiro atoms. The number of ether oxygens (including phenoxy) is 1. The number of aliphatic hydroxyl groups is 2. The third-order valence-electron chi connectivity index (χ3n) is 8.83. The van der Waals surface area contributed by atoms with Crippen LogP contribution >= 0.6 is 22.6 Å². The van der Waals surface area contributed by atoms with E-state index in [2.05, 4.69) is 32.6 Å². The summed E-state index contributed by atoms with van der Waals surface area (Å²) < 4.78 is 5.86. The van der Waals surface area contributed by atoms with Gasteiger partial charge in [-0.15, -0.1) is 0 Å². The van der Waals surface area contributed by atoms with Gasteiger partial charge in [-0.25, -0.2) is 0 Å². The molecule has 0 unspecified atom stereocenters. The molecule has 0 aromatic heterocycles. The summed E-state index contributed by atoms with van der Waals surface area (Å²) in [5.74, 6) is 1.81. The van der Waals surface area contributed by atoms with Gasteiger partial charge in [-0.2, -0.15) is 0 Å². The standard InChI is InChI=1S/C29H45IO4/c1-19(8-6-14-28(3,4)33)24-12-13-25-21(9-7-15-29(24,25)5)10-11-22-16-23(34-27(32)18-30)17-26(31)20(22)2/h10-11,19,23-26,31,33H,2,6-9,12-18H2,1,3-5H3/b21-10+,22-11-/t19-,23-,24-,25+,26+,29-/m1/s1. The molecule has 34 heavy (non-hydrogen) atoms. The van der Waals surface area contributed by atoms with Crippen molar-refractivity contribution in [2.45, 2.75) is 110 Å². The second kappa shape index (κ2) is 11.6. The van der Waals surface area contributed by atoms with Crippen molar-refractivity contribution < 1.29 is 19.7 Å². The van der Waals surface area contributed by atoms with Crippen LogP contribution in [0.4, 0.5) is 0 Å². The predicted octanol–water partition coefficient (Wildman–Crippen LogP) is 6.69. The molecule has 3 fully saturated rings. The van der Waals surface area contributed by atoms with Crippen LogP contribution in [-0.4, -0.2) is 38.4 Å². The summed E-state index contributed by atoms with van der Waals surface area (Å²) in [7, 11) is 0. The zero-order chi connectivity index (χ0) is 25.1. The number of aliphatic hydroxyl groups excluding tert-OH is 1. The van der Waals surface area contributed by atoms with E-state index in [1.807, 2.05) is 36.4 Å². The molecule has 0 radical (unpaired) electrons. The highest BCUT2D eigenvalue weighted by Crippen LogP contribution is 2.60. The van der Waals surface area contributed by atoms with E-state index in [4.69, 9.17) is 4.74 Å². The molecule has 0 aromatic carbocycles. The first-order valence-corrected chi connectivity index (χ1v) is 14.7. The van der Waals surface area contributed by atoms with E-state index < -0.39 is 11.7 Å². The molecular weight excluding hydrogens is 539 g/mol. The molecule has 5 heteroatoms. The number of esters is 1. The van der Waals surface area contributed by atoms with E-state index in [9.17, 15) is 15.0 Å². The van der Waals surface area contributed by atoms with Crippen molar-refractivity contribution in [2.24, 2.45) is 23.2 Å². The maximum atomic E-state index is 11.8. The van der Waals surface area contributed by atoms with Gasteiger partial charge in [0.2, 0.25) is 0 Å². The summed E-state index contributed by atoms with van der Waals surface area (Å²) in [6.07, 6.45) is 14.0. The molecule has 192 valence electrons. The molecule has 0 aromatic rings. The Balaban J connectivity index is 1.71. The van der Waals surface area contributed by atoms with Gasteiger partial charge < -0.3 is 14.9 Å². The Labute approximate surface area is 220 Å². The number of rotatable bonds is 8. The maximum Gasteiger partial charge on any atom is 0.316 e. The Morgan fingerprint density at radius 3 is 2.76 bits per heavy atom. The van der Waals surface area contributed by atoms with E-state index in [1.165, 1.54) is 32.1 Å². The Morgan fingerprint density at radius 1 is 1.35 bits per heavy atom. The summed E-state index contributed by atoms with van der Waals surface area (Å²) in [6, 6.07) is 0. The molecule has 2 N–H and O–H groups in total. The van der Waals surface area contributed by atoms with E-state index in [-0.39, 0.29) is 12.1 Å². The highest BCUT2D eigenvalue weighted by atomic mass is 127. The first-order chi connectivity index (χ1) is 15.9. The fourth-order valence-electron chi connectivity index (χ4n) is 7.03. The molecule has 3 rings (SSSR count). The minimum absolute atomic E-state index is 0.222. The maximum absolute atomic E-state index is 11.8. The third kappa shape index (κ3) is 6.76. The lowest BCUT2D eigenvalue weighted by Gasteiger charge is -2.44. The van der Waals surface area contributed by atoms with Gasteiger partial charge >= 0.3 is 5.97 Å². The molecule has 0 bridgehead atoms. The largest absolute Gasteiger partial charge is 0.461 e. The Bertz CT molecular complexity index is 807. The van der Waals surface area contributed by atoms with Crippen LogP contribution in [0.15, 0.2) is 35.5 Å². The fraction of sp³-hybridized carbons (Fsp3) is 0.759. The molecule has 0 heterocycles. The topological polar surface area (TPSA) is 66.8 Å². The molecule has 4 nitrogen and oxygen atoms in total. The van der Waals surface area contributed by atoms with Crippen LogP contribution in [-0.2, 0) is 9.53 Å². The second-order valence-corrected chi connectivity index (χ2v) is 12.7. The summed E-state index contributed by atoms with van der Waals surface area (Å²) in [4.78, 5) is 11.8. The summed E-state index contributed by atoms with van der Waals surface area (Å²) >= 11 is 2.01. The Morgan fingerprint density at radius 2 is 2.09 bits per heavy atom. The minimum Gasteiger partial charge on any atom is -0.461 e. The van der Waals surface area contributed by atoms with E-state index in [0.717, 1.165) is 36.3 Å². The van der Waals surface area contributed by atoms with Crippen LogP contribution in [0.3, 0.4) is 0 Å². The van der Waals surface area contributed by atoms with Gasteiger partial charge in [-0.1, -0.05) is 73.6 Å². The molecule has 3 aliphatic rings. The van der Waals surface area contributed by atoms with Crippen molar-refractivity contribution in [3.63, 3.8) is 0 Å². The average Bonchev–Trinajstić information content (AvgIpc) is 3.11. The van der Waals surface area contributed by atoms with E-state index >= 15 is 0 Å². The number of hydrogen-bond acceptors (Lipinski definition) is 4. The molecule has 0 saturated heterocycles. The lowest BCUT2D eigenvalue weighted by atomic mass is 9.60. The van der Waals surface area contributed by atoms with Crippen molar-refractivity contribution in [3.05, 3.63) is 35.5 Å². The van der Waals surface area contributed by atoms with Gasteiger partial charge in [-0.3, -0.25) is 4.79 Å². The number of hydrogen-bond donors (Lipinski definition) is 2. The highest BCUT2D eigenvalue weighted by molar-refractivity contribution is 14.1. The number of halogens is 1. The van der Waals surface area contributed by atoms with Gasteiger partial charge in [-0.05, 0) is 86.7 Å². The van der Waals surface area contributed by atoms with E-state index in [1.54, 1.807) is 5.57 Å². The highest BCUT2D eigenvalue weighted by Gasteiger charge is 2.50. The number of alkyl halides is 1. The van der Waals surface area contributed by atoms with Crippen molar-refractivity contribution in [1.82, 2.24) is 0 Å². The molecule has 3 aliphatic carbocycles. The number of fused-ring (bicyclic) bond motifs is 1. The zero-order valence-electron chi connectivity index (χ0n) is 21.6. The van der Waals surface area contributed by atoms with Crippen molar-refractivity contribution in [2.75, 3.05) is 4.43 Å². The molecule has 6 atom stereocenters. The normalized spacial score (nSPS) is 35.4. The first-order valence-electron chi connectivity index (χ1n) is 13.2.